The number of ether oxygens (including phenoxy) is 2. The SMILES string of the molecule is C[C@]12CCC(=O)C=C1CCC1C3CC[C@](OC(=O)CCCO[N+](=O)[O-])(C(=O)COC(=O)CCC(=O)CCCO[N+](=O)[O-])[C@@]3(C)C[C@H](O)[C@@H]12. The smallest absolute Gasteiger partial charge is 0.306 e. The number of rotatable bonds is 17. The predicted molar refractivity (Wildman–Crippen MR) is 161 cm³/mol. The first kappa shape index (κ1) is 36.9. The van der Waals surface area contributed by atoms with Gasteiger partial charge in [0.1, 0.15) is 5.78 Å². The Balaban J connectivity index is 1.49. The van der Waals surface area contributed by atoms with Gasteiger partial charge in [-0.05, 0) is 80.6 Å². The van der Waals surface area contributed by atoms with E-state index < -0.39 is 51.6 Å². The van der Waals surface area contributed by atoms with Crippen LogP contribution in [0.15, 0.2) is 11.6 Å². The van der Waals surface area contributed by atoms with Crippen molar-refractivity contribution in [1.29, 1.82) is 0 Å². The zero-order chi connectivity index (χ0) is 35.3. The average molecular weight is 681 g/mol. The molecule has 0 spiro atoms. The molecule has 4 aliphatic rings. The lowest BCUT2D eigenvalue weighted by molar-refractivity contribution is -0.757. The number of nitrogens with zero attached hydrogens (tertiary/aromatic N) is 2. The fourth-order valence-corrected chi connectivity index (χ4v) is 9.07. The van der Waals surface area contributed by atoms with E-state index in [0.29, 0.717) is 32.1 Å². The molecule has 0 heterocycles. The van der Waals surface area contributed by atoms with Gasteiger partial charge in [-0.2, -0.15) is 0 Å². The molecule has 3 fully saturated rings. The van der Waals surface area contributed by atoms with Gasteiger partial charge < -0.3 is 24.3 Å². The number of allylic oxidation sites excluding steroid dienone is 1. The molecule has 0 aromatic rings. The first-order chi connectivity index (χ1) is 22.6. The Morgan fingerprint density at radius 2 is 1.58 bits per heavy atom. The van der Waals surface area contributed by atoms with Gasteiger partial charge in [-0.25, -0.2) is 0 Å². The van der Waals surface area contributed by atoms with Crippen molar-refractivity contribution in [1.82, 2.24) is 0 Å². The van der Waals surface area contributed by atoms with Crippen LogP contribution in [0, 0.1) is 48.8 Å². The molecule has 2 unspecified atom stereocenters. The monoisotopic (exact) mass is 680 g/mol. The molecule has 0 bridgehead atoms. The summed E-state index contributed by atoms with van der Waals surface area (Å²) in [7, 11) is 0. The van der Waals surface area contributed by atoms with Crippen LogP contribution in [-0.4, -0.2) is 76.1 Å². The summed E-state index contributed by atoms with van der Waals surface area (Å²) in [5.41, 5.74) is -2.13. The fourth-order valence-electron chi connectivity index (χ4n) is 9.07. The molecule has 4 rings (SSSR count). The lowest BCUT2D eigenvalue weighted by Crippen LogP contribution is -2.63. The van der Waals surface area contributed by atoms with E-state index in [-0.39, 0.29) is 99.3 Å². The van der Waals surface area contributed by atoms with Crippen LogP contribution >= 0.6 is 0 Å². The number of ketones is 3. The maximum Gasteiger partial charge on any atom is 0.306 e. The number of Topliss-reactive ketones (excluding diaryl/α,β-unsaturated/α-hetero) is 2. The first-order valence-corrected chi connectivity index (χ1v) is 16.5. The summed E-state index contributed by atoms with van der Waals surface area (Å²) in [5.74, 6) is -2.84. The molecule has 0 amide bonds. The van der Waals surface area contributed by atoms with Gasteiger partial charge in [-0.3, -0.25) is 24.0 Å². The van der Waals surface area contributed by atoms with Crippen LogP contribution in [0.5, 0.6) is 0 Å². The van der Waals surface area contributed by atoms with E-state index in [4.69, 9.17) is 9.47 Å². The van der Waals surface area contributed by atoms with Crippen LogP contribution in [0.4, 0.5) is 0 Å². The average Bonchev–Trinajstić information content (AvgIpc) is 3.31. The third-order valence-electron chi connectivity index (χ3n) is 11.2. The van der Waals surface area contributed by atoms with Crippen LogP contribution in [-0.2, 0) is 43.1 Å². The van der Waals surface area contributed by atoms with Gasteiger partial charge in [0, 0.05) is 31.1 Å². The molecule has 0 saturated heterocycles. The highest BCUT2D eigenvalue weighted by molar-refractivity contribution is 5.94. The molecule has 16 nitrogen and oxygen atoms in total. The third-order valence-corrected chi connectivity index (χ3v) is 11.2. The molecular formula is C32H44N2O14. The van der Waals surface area contributed by atoms with Gasteiger partial charge in [0.25, 0.3) is 10.2 Å². The van der Waals surface area contributed by atoms with E-state index in [0.717, 1.165) is 5.57 Å². The number of carbonyl (C=O) groups is 5. The van der Waals surface area contributed by atoms with Crippen molar-refractivity contribution in [2.75, 3.05) is 19.8 Å². The van der Waals surface area contributed by atoms with Crippen molar-refractivity contribution in [3.63, 3.8) is 0 Å². The zero-order valence-corrected chi connectivity index (χ0v) is 27.3. The maximum atomic E-state index is 14.1. The lowest BCUT2D eigenvalue weighted by atomic mass is 9.45. The molecule has 266 valence electrons. The Hall–Kier alpha value is -3.95. The normalized spacial score (nSPS) is 32.1. The number of hydrogen-bond donors (Lipinski definition) is 1. The number of hydrogen-bond acceptors (Lipinski definition) is 14. The molecule has 0 aromatic heterocycles. The summed E-state index contributed by atoms with van der Waals surface area (Å²) in [5, 5.41) is 30.6. The van der Waals surface area contributed by atoms with Gasteiger partial charge in [0.15, 0.2) is 18.0 Å². The Bertz CT molecular complexity index is 1350. The van der Waals surface area contributed by atoms with Crippen molar-refractivity contribution in [2.24, 2.45) is 28.6 Å². The molecule has 4 aliphatic carbocycles. The molecule has 48 heavy (non-hydrogen) atoms. The molecule has 0 aromatic carbocycles. The fraction of sp³-hybridized carbons (Fsp3) is 0.781. The van der Waals surface area contributed by atoms with Crippen molar-refractivity contribution in [3.05, 3.63) is 31.9 Å². The minimum absolute atomic E-state index is 0.0275. The zero-order valence-electron chi connectivity index (χ0n) is 27.3. The number of esters is 2. The minimum atomic E-state index is -1.75. The van der Waals surface area contributed by atoms with Gasteiger partial charge in [-0.15, -0.1) is 20.2 Å². The Morgan fingerprint density at radius 1 is 0.917 bits per heavy atom. The number of aliphatic hydroxyl groups is 1. The topological polar surface area (TPSA) is 229 Å². The molecular weight excluding hydrogens is 636 g/mol. The highest BCUT2D eigenvalue weighted by atomic mass is 17.0. The van der Waals surface area contributed by atoms with Crippen LogP contribution in [0.1, 0.15) is 97.3 Å². The van der Waals surface area contributed by atoms with Crippen LogP contribution in [0.25, 0.3) is 0 Å². The number of aliphatic hydroxyl groups excluding tert-OH is 1. The van der Waals surface area contributed by atoms with Crippen LogP contribution in [0.3, 0.4) is 0 Å². The van der Waals surface area contributed by atoms with Gasteiger partial charge in [0.05, 0.1) is 25.7 Å². The summed E-state index contributed by atoms with van der Waals surface area (Å²) in [4.78, 5) is 93.4. The summed E-state index contributed by atoms with van der Waals surface area (Å²) < 4.78 is 11.3. The van der Waals surface area contributed by atoms with Gasteiger partial charge in [0.2, 0.25) is 5.78 Å². The predicted octanol–water partition coefficient (Wildman–Crippen LogP) is 3.21. The van der Waals surface area contributed by atoms with Crippen molar-refractivity contribution < 1.29 is 58.4 Å². The van der Waals surface area contributed by atoms with E-state index in [2.05, 4.69) is 16.6 Å². The highest BCUT2D eigenvalue weighted by Gasteiger charge is 2.70. The summed E-state index contributed by atoms with van der Waals surface area (Å²) in [6.45, 7) is 2.58. The summed E-state index contributed by atoms with van der Waals surface area (Å²) >= 11 is 0. The second kappa shape index (κ2) is 15.1. The largest absolute Gasteiger partial charge is 0.457 e. The molecule has 16 heteroatoms. The quantitative estimate of drug-likeness (QED) is 0.101. The molecule has 0 aliphatic heterocycles. The van der Waals surface area contributed by atoms with Crippen molar-refractivity contribution in [3.8, 4) is 0 Å². The standard InChI is InChI=1S/C32H44N2O14/c1-30-13-11-22(36)17-20(30)7-9-23-24-12-14-32(31(24,2)18-25(37)29(23)30,48-28(40)6-4-16-47-34(43)44)26(38)19-45-27(39)10-8-21(35)5-3-15-46-33(41)42/h17,23-25,29,37H,3-16,18-19H2,1-2H3/t23?,24?,25-,29+,30-,31-,32-/m0/s1. The number of fused-ring (bicyclic) bond motifs is 5. The number of carbonyl (C=O) groups excluding carboxylic acids is 5. The second-order valence-corrected chi connectivity index (χ2v) is 13.9. The van der Waals surface area contributed by atoms with Crippen molar-refractivity contribution in [2.45, 2.75) is 109 Å². The summed E-state index contributed by atoms with van der Waals surface area (Å²) in [6.07, 6.45) is 3.21. The van der Waals surface area contributed by atoms with E-state index in [9.17, 15) is 49.3 Å². The van der Waals surface area contributed by atoms with E-state index in [1.165, 1.54) is 0 Å². The first-order valence-electron chi connectivity index (χ1n) is 16.5. The summed E-state index contributed by atoms with van der Waals surface area (Å²) in [6, 6.07) is 0. The van der Waals surface area contributed by atoms with Gasteiger partial charge in [-0.1, -0.05) is 19.4 Å². The highest BCUT2D eigenvalue weighted by Crippen LogP contribution is 2.68. The molecule has 1 N–H and O–H groups in total. The second-order valence-electron chi connectivity index (χ2n) is 13.9. The molecule has 3 saturated carbocycles. The lowest BCUT2D eigenvalue weighted by Gasteiger charge is -2.60. The van der Waals surface area contributed by atoms with Crippen molar-refractivity contribution >= 4 is 29.3 Å². The molecule has 0 radical (unpaired) electrons. The third kappa shape index (κ3) is 7.68. The van der Waals surface area contributed by atoms with E-state index >= 15 is 0 Å². The van der Waals surface area contributed by atoms with E-state index in [1.807, 2.05) is 6.92 Å². The minimum Gasteiger partial charge on any atom is -0.457 e. The Morgan fingerprint density at radius 3 is 2.25 bits per heavy atom. The molecule has 7 atom stereocenters. The Labute approximate surface area is 277 Å². The van der Waals surface area contributed by atoms with Gasteiger partial charge >= 0.3 is 11.9 Å². The maximum absolute atomic E-state index is 14.1. The van der Waals surface area contributed by atoms with E-state index in [1.54, 1.807) is 6.08 Å². The van der Waals surface area contributed by atoms with Crippen LogP contribution in [0.2, 0.25) is 0 Å². The van der Waals surface area contributed by atoms with Crippen LogP contribution < -0.4 is 0 Å². The Kier molecular flexibility index (Phi) is 11.6.